The number of nitrogens with zero attached hydrogens (tertiary/aromatic N) is 2. The Kier molecular flexibility index (Phi) is 4.28. The molecule has 88 valence electrons. The van der Waals surface area contributed by atoms with Crippen molar-refractivity contribution in [3.63, 3.8) is 0 Å². The van der Waals surface area contributed by atoms with Crippen LogP contribution in [0.4, 0.5) is 5.69 Å². The van der Waals surface area contributed by atoms with Crippen LogP contribution in [0.25, 0.3) is 0 Å². The second-order valence-corrected chi connectivity index (χ2v) is 3.65. The van der Waals surface area contributed by atoms with E-state index >= 15 is 0 Å². The van der Waals surface area contributed by atoms with Crippen LogP contribution in [0, 0.1) is 0 Å². The van der Waals surface area contributed by atoms with Gasteiger partial charge in [0.25, 0.3) is 5.91 Å². The first-order valence-corrected chi connectivity index (χ1v) is 5.56. The second-order valence-electron chi connectivity index (χ2n) is 3.65. The van der Waals surface area contributed by atoms with Crippen molar-refractivity contribution in [2.75, 3.05) is 26.0 Å². The lowest BCUT2D eigenvalue weighted by Crippen LogP contribution is -2.27. The zero-order valence-electron chi connectivity index (χ0n) is 10.4. The molecule has 1 amide bonds. The Balaban J connectivity index is 3.03. The van der Waals surface area contributed by atoms with Crippen LogP contribution in [-0.4, -0.2) is 36.4 Å². The highest BCUT2D eigenvalue weighted by Crippen LogP contribution is 2.16. The smallest absolute Gasteiger partial charge is 0.272 e. The monoisotopic (exact) mass is 221 g/mol. The van der Waals surface area contributed by atoms with E-state index in [1.807, 2.05) is 20.0 Å². The lowest BCUT2D eigenvalue weighted by molar-refractivity contribution is 0.0796. The summed E-state index contributed by atoms with van der Waals surface area (Å²) < 4.78 is 0. The summed E-state index contributed by atoms with van der Waals surface area (Å²) >= 11 is 0. The molecular formula is C12H19N3O. The van der Waals surface area contributed by atoms with E-state index in [1.54, 1.807) is 18.1 Å². The molecule has 0 aromatic carbocycles. The van der Waals surface area contributed by atoms with Crippen LogP contribution in [0.2, 0.25) is 0 Å². The summed E-state index contributed by atoms with van der Waals surface area (Å²) in [5.41, 5.74) is 2.61. The minimum Gasteiger partial charge on any atom is -0.387 e. The highest BCUT2D eigenvalue weighted by molar-refractivity contribution is 5.92. The minimum absolute atomic E-state index is 0.0279. The number of pyridine rings is 1. The average Bonchev–Trinajstić information content (AvgIpc) is 2.35. The molecule has 0 spiro atoms. The summed E-state index contributed by atoms with van der Waals surface area (Å²) in [4.78, 5) is 17.7. The first kappa shape index (κ1) is 12.5. The van der Waals surface area contributed by atoms with Gasteiger partial charge in [-0.2, -0.15) is 0 Å². The van der Waals surface area contributed by atoms with Crippen LogP contribution in [0.15, 0.2) is 12.3 Å². The van der Waals surface area contributed by atoms with Gasteiger partial charge in [0.1, 0.15) is 5.69 Å². The molecule has 0 saturated heterocycles. The molecule has 1 heterocycles. The molecule has 1 aromatic heterocycles. The molecule has 0 fully saturated rings. The fraction of sp³-hybridized carbons (Fsp3) is 0.500. The molecule has 0 atom stereocenters. The normalized spacial score (nSPS) is 10.0. The fourth-order valence-corrected chi connectivity index (χ4v) is 1.47. The Morgan fingerprint density at radius 1 is 1.50 bits per heavy atom. The molecule has 4 heteroatoms. The highest BCUT2D eigenvalue weighted by Gasteiger charge is 2.13. The number of aromatic nitrogens is 1. The van der Waals surface area contributed by atoms with Crippen LogP contribution in [0.3, 0.4) is 0 Å². The lowest BCUT2D eigenvalue weighted by atomic mass is 10.1. The van der Waals surface area contributed by atoms with Gasteiger partial charge in [-0.15, -0.1) is 0 Å². The van der Waals surface area contributed by atoms with Gasteiger partial charge in [-0.3, -0.25) is 4.79 Å². The number of rotatable bonds is 4. The van der Waals surface area contributed by atoms with E-state index < -0.39 is 0 Å². The molecule has 0 bridgehead atoms. The highest BCUT2D eigenvalue weighted by atomic mass is 16.2. The predicted octanol–water partition coefficient (Wildman–Crippen LogP) is 1.78. The SMILES string of the molecule is CCc1cc(C(=O)N(C)CC)ncc1NC. The maximum atomic E-state index is 11.9. The van der Waals surface area contributed by atoms with Gasteiger partial charge in [-0.05, 0) is 25.0 Å². The zero-order valence-corrected chi connectivity index (χ0v) is 10.4. The van der Waals surface area contributed by atoms with Crippen molar-refractivity contribution in [2.45, 2.75) is 20.3 Å². The summed E-state index contributed by atoms with van der Waals surface area (Å²) in [7, 11) is 3.64. The van der Waals surface area contributed by atoms with Crippen molar-refractivity contribution in [1.82, 2.24) is 9.88 Å². The van der Waals surface area contributed by atoms with Gasteiger partial charge in [0.05, 0.1) is 11.9 Å². The second kappa shape index (κ2) is 5.49. The number of hydrogen-bond donors (Lipinski definition) is 1. The summed E-state index contributed by atoms with van der Waals surface area (Å²) in [6.45, 7) is 4.70. The molecular weight excluding hydrogens is 202 g/mol. The van der Waals surface area contributed by atoms with Crippen molar-refractivity contribution in [3.8, 4) is 0 Å². The van der Waals surface area contributed by atoms with Gasteiger partial charge in [0.15, 0.2) is 0 Å². The molecule has 1 rings (SSSR count). The third-order valence-corrected chi connectivity index (χ3v) is 2.68. The minimum atomic E-state index is -0.0279. The van der Waals surface area contributed by atoms with Crippen molar-refractivity contribution in [3.05, 3.63) is 23.5 Å². The number of anilines is 1. The standard InChI is InChI=1S/C12H19N3O/c1-5-9-7-10(12(16)15(4)6-2)14-8-11(9)13-3/h7-8,13H,5-6H2,1-4H3. The Bertz CT molecular complexity index is 377. The van der Waals surface area contributed by atoms with Crippen molar-refractivity contribution in [2.24, 2.45) is 0 Å². The van der Waals surface area contributed by atoms with Crippen LogP contribution >= 0.6 is 0 Å². The third kappa shape index (κ3) is 2.51. The van der Waals surface area contributed by atoms with Crippen molar-refractivity contribution in [1.29, 1.82) is 0 Å². The number of aryl methyl sites for hydroxylation is 1. The first-order chi connectivity index (χ1) is 7.63. The quantitative estimate of drug-likeness (QED) is 0.843. The summed E-state index contributed by atoms with van der Waals surface area (Å²) in [5.74, 6) is -0.0279. The van der Waals surface area contributed by atoms with E-state index in [9.17, 15) is 4.79 Å². The zero-order chi connectivity index (χ0) is 12.1. The van der Waals surface area contributed by atoms with Crippen molar-refractivity contribution < 1.29 is 4.79 Å². The molecule has 0 saturated carbocycles. The number of carbonyl (C=O) groups excluding carboxylic acids is 1. The van der Waals surface area contributed by atoms with Gasteiger partial charge >= 0.3 is 0 Å². The van der Waals surface area contributed by atoms with Gasteiger partial charge in [-0.1, -0.05) is 6.92 Å². The number of amides is 1. The molecule has 0 aliphatic heterocycles. The van der Waals surface area contributed by atoms with E-state index in [-0.39, 0.29) is 5.91 Å². The predicted molar refractivity (Wildman–Crippen MR) is 65.8 cm³/mol. The van der Waals surface area contributed by atoms with Gasteiger partial charge < -0.3 is 10.2 Å². The molecule has 16 heavy (non-hydrogen) atoms. The number of hydrogen-bond acceptors (Lipinski definition) is 3. The lowest BCUT2D eigenvalue weighted by Gasteiger charge is -2.15. The van der Waals surface area contributed by atoms with E-state index in [2.05, 4.69) is 17.2 Å². The summed E-state index contributed by atoms with van der Waals surface area (Å²) in [5, 5.41) is 3.07. The average molecular weight is 221 g/mol. The summed E-state index contributed by atoms with van der Waals surface area (Å²) in [6.07, 6.45) is 2.60. The Labute approximate surface area is 96.7 Å². The first-order valence-electron chi connectivity index (χ1n) is 5.56. The van der Waals surface area contributed by atoms with Crippen LogP contribution < -0.4 is 5.32 Å². The van der Waals surface area contributed by atoms with E-state index in [4.69, 9.17) is 0 Å². The molecule has 0 aliphatic rings. The molecule has 0 radical (unpaired) electrons. The van der Waals surface area contributed by atoms with Crippen molar-refractivity contribution >= 4 is 11.6 Å². The van der Waals surface area contributed by atoms with Crippen LogP contribution in [-0.2, 0) is 6.42 Å². The number of carbonyl (C=O) groups is 1. The van der Waals surface area contributed by atoms with Crippen LogP contribution in [0.5, 0.6) is 0 Å². The van der Waals surface area contributed by atoms with E-state index in [1.165, 1.54) is 0 Å². The molecule has 0 aliphatic carbocycles. The fourth-order valence-electron chi connectivity index (χ4n) is 1.47. The van der Waals surface area contributed by atoms with Gasteiger partial charge in [0.2, 0.25) is 0 Å². The largest absolute Gasteiger partial charge is 0.387 e. The molecule has 0 unspecified atom stereocenters. The maximum Gasteiger partial charge on any atom is 0.272 e. The Hall–Kier alpha value is -1.58. The number of nitrogens with one attached hydrogen (secondary N) is 1. The van der Waals surface area contributed by atoms with E-state index in [0.29, 0.717) is 12.2 Å². The molecule has 1 aromatic rings. The van der Waals surface area contributed by atoms with Crippen LogP contribution in [0.1, 0.15) is 29.9 Å². The summed E-state index contributed by atoms with van der Waals surface area (Å²) in [6, 6.07) is 1.86. The topological polar surface area (TPSA) is 45.2 Å². The third-order valence-electron chi connectivity index (χ3n) is 2.68. The van der Waals surface area contributed by atoms with Gasteiger partial charge in [-0.25, -0.2) is 4.98 Å². The Morgan fingerprint density at radius 2 is 2.19 bits per heavy atom. The molecule has 4 nitrogen and oxygen atoms in total. The van der Waals surface area contributed by atoms with Gasteiger partial charge in [0, 0.05) is 20.6 Å². The Morgan fingerprint density at radius 3 is 2.69 bits per heavy atom. The maximum absolute atomic E-state index is 11.9. The molecule has 1 N–H and O–H groups in total. The van der Waals surface area contributed by atoms with E-state index in [0.717, 1.165) is 17.7 Å².